The van der Waals surface area contributed by atoms with Crippen molar-refractivity contribution in [3.05, 3.63) is 48.0 Å². The smallest absolute Gasteiger partial charge is 0.156 e. The molecule has 0 bridgehead atoms. The molecule has 1 aromatic heterocycles. The molecule has 148 valence electrons. The fraction of sp³-hybridized carbons (Fsp3) is 0.348. The average molecular weight is 387 g/mol. The van der Waals surface area contributed by atoms with Crippen LogP contribution in [0.4, 0.5) is 5.82 Å². The standard InChI is InChI=1S/C23H25N5O/c1-15(2)28-11-5-6-17(14-28)25-23-19-8-4-3-7-18(19)22(26-27-23)20-10-9-16(13-24)12-21(20)29/h3-4,7-10,12,15,17,29H,5-6,11,14H2,1-2H3,(H,25,27). The quantitative estimate of drug-likeness (QED) is 0.699. The average Bonchev–Trinajstić information content (AvgIpc) is 2.74. The lowest BCUT2D eigenvalue weighted by atomic mass is 10.0. The summed E-state index contributed by atoms with van der Waals surface area (Å²) in [5, 5.41) is 33.9. The van der Waals surface area contributed by atoms with Crippen molar-refractivity contribution in [2.45, 2.75) is 38.8 Å². The molecule has 2 heterocycles. The molecular weight excluding hydrogens is 362 g/mol. The Morgan fingerprint density at radius 2 is 1.97 bits per heavy atom. The zero-order valence-corrected chi connectivity index (χ0v) is 16.8. The number of nitrogens with one attached hydrogen (secondary N) is 1. The van der Waals surface area contributed by atoms with Crippen LogP contribution in [0.5, 0.6) is 5.75 Å². The van der Waals surface area contributed by atoms with E-state index in [-0.39, 0.29) is 5.75 Å². The highest BCUT2D eigenvalue weighted by molar-refractivity contribution is 6.00. The summed E-state index contributed by atoms with van der Waals surface area (Å²) in [7, 11) is 0. The maximum absolute atomic E-state index is 10.4. The zero-order valence-electron chi connectivity index (χ0n) is 16.8. The Hall–Kier alpha value is -3.17. The summed E-state index contributed by atoms with van der Waals surface area (Å²) in [6, 6.07) is 15.7. The van der Waals surface area contributed by atoms with Gasteiger partial charge in [0.25, 0.3) is 0 Å². The summed E-state index contributed by atoms with van der Waals surface area (Å²) >= 11 is 0. The lowest BCUT2D eigenvalue weighted by molar-refractivity contribution is 0.175. The minimum atomic E-state index is 0.0315. The molecule has 0 spiro atoms. The van der Waals surface area contributed by atoms with Crippen molar-refractivity contribution >= 4 is 16.6 Å². The van der Waals surface area contributed by atoms with E-state index in [1.807, 2.05) is 30.3 Å². The normalized spacial score (nSPS) is 17.4. The molecule has 1 aliphatic heterocycles. The number of anilines is 1. The first-order valence-electron chi connectivity index (χ1n) is 10.1. The van der Waals surface area contributed by atoms with Crippen LogP contribution in [0.25, 0.3) is 22.0 Å². The number of hydrogen-bond acceptors (Lipinski definition) is 6. The molecule has 1 fully saturated rings. The first-order chi connectivity index (χ1) is 14.1. The van der Waals surface area contributed by atoms with Gasteiger partial charge in [-0.05, 0) is 51.4 Å². The first-order valence-corrected chi connectivity index (χ1v) is 10.1. The minimum absolute atomic E-state index is 0.0315. The molecule has 0 radical (unpaired) electrons. The lowest BCUT2D eigenvalue weighted by Crippen LogP contribution is -2.45. The van der Waals surface area contributed by atoms with Crippen LogP contribution in [0, 0.1) is 11.3 Å². The summed E-state index contributed by atoms with van der Waals surface area (Å²) in [6.07, 6.45) is 2.27. The number of phenolic OH excluding ortho intramolecular Hbond substituents is 1. The lowest BCUT2D eigenvalue weighted by Gasteiger charge is -2.36. The van der Waals surface area contributed by atoms with Crippen LogP contribution in [-0.4, -0.2) is 45.4 Å². The second-order valence-corrected chi connectivity index (χ2v) is 7.86. The van der Waals surface area contributed by atoms with E-state index in [2.05, 4.69) is 34.3 Å². The minimum Gasteiger partial charge on any atom is -0.507 e. The molecule has 0 saturated carbocycles. The predicted octanol–water partition coefficient (Wildman–Crippen LogP) is 4.16. The maximum atomic E-state index is 10.4. The van der Waals surface area contributed by atoms with Gasteiger partial charge in [-0.3, -0.25) is 4.90 Å². The highest BCUT2D eigenvalue weighted by Crippen LogP contribution is 2.35. The summed E-state index contributed by atoms with van der Waals surface area (Å²) in [5.74, 6) is 0.803. The molecule has 6 nitrogen and oxygen atoms in total. The highest BCUT2D eigenvalue weighted by atomic mass is 16.3. The van der Waals surface area contributed by atoms with Gasteiger partial charge in [-0.1, -0.05) is 24.3 Å². The summed E-state index contributed by atoms with van der Waals surface area (Å²) in [6.45, 7) is 6.60. The van der Waals surface area contributed by atoms with Gasteiger partial charge < -0.3 is 10.4 Å². The van der Waals surface area contributed by atoms with E-state index in [0.717, 1.165) is 36.1 Å². The molecule has 1 aliphatic rings. The number of fused-ring (bicyclic) bond motifs is 1. The molecule has 2 N–H and O–H groups in total. The van der Waals surface area contributed by atoms with Crippen molar-refractivity contribution in [3.8, 4) is 23.1 Å². The van der Waals surface area contributed by atoms with Crippen LogP contribution < -0.4 is 5.32 Å². The summed E-state index contributed by atoms with van der Waals surface area (Å²) in [4.78, 5) is 2.49. The van der Waals surface area contributed by atoms with E-state index in [1.54, 1.807) is 12.1 Å². The maximum Gasteiger partial charge on any atom is 0.156 e. The second-order valence-electron chi connectivity index (χ2n) is 7.86. The van der Waals surface area contributed by atoms with Gasteiger partial charge in [-0.2, -0.15) is 5.26 Å². The van der Waals surface area contributed by atoms with E-state index in [1.165, 1.54) is 12.5 Å². The molecule has 1 unspecified atom stereocenters. The van der Waals surface area contributed by atoms with E-state index in [0.29, 0.717) is 28.9 Å². The van der Waals surface area contributed by atoms with Crippen LogP contribution in [0.15, 0.2) is 42.5 Å². The van der Waals surface area contributed by atoms with Crippen LogP contribution in [-0.2, 0) is 0 Å². The predicted molar refractivity (Wildman–Crippen MR) is 115 cm³/mol. The van der Waals surface area contributed by atoms with Crippen molar-refractivity contribution in [2.75, 3.05) is 18.4 Å². The van der Waals surface area contributed by atoms with Gasteiger partial charge >= 0.3 is 0 Å². The molecule has 2 aromatic carbocycles. The number of aromatic nitrogens is 2. The van der Waals surface area contributed by atoms with Gasteiger partial charge in [-0.15, -0.1) is 10.2 Å². The van der Waals surface area contributed by atoms with Crippen molar-refractivity contribution in [1.82, 2.24) is 15.1 Å². The number of likely N-dealkylation sites (tertiary alicyclic amines) is 1. The molecular formula is C23H25N5O. The van der Waals surface area contributed by atoms with Crippen molar-refractivity contribution in [3.63, 3.8) is 0 Å². The zero-order chi connectivity index (χ0) is 20.4. The summed E-state index contributed by atoms with van der Waals surface area (Å²) < 4.78 is 0. The molecule has 29 heavy (non-hydrogen) atoms. The highest BCUT2D eigenvalue weighted by Gasteiger charge is 2.23. The molecule has 0 aliphatic carbocycles. The van der Waals surface area contributed by atoms with Crippen molar-refractivity contribution < 1.29 is 5.11 Å². The third kappa shape index (κ3) is 3.87. The fourth-order valence-corrected chi connectivity index (χ4v) is 4.00. The number of nitrogens with zero attached hydrogens (tertiary/aromatic N) is 4. The first kappa shape index (κ1) is 19.2. The van der Waals surface area contributed by atoms with Gasteiger partial charge in [0.1, 0.15) is 11.4 Å². The number of phenols is 1. The third-order valence-corrected chi connectivity index (χ3v) is 5.59. The molecule has 1 atom stereocenters. The van der Waals surface area contributed by atoms with Gasteiger partial charge in [-0.25, -0.2) is 0 Å². The summed E-state index contributed by atoms with van der Waals surface area (Å²) in [5.41, 5.74) is 1.59. The van der Waals surface area contributed by atoms with Gasteiger partial charge in [0.05, 0.1) is 11.6 Å². The molecule has 0 amide bonds. The fourth-order valence-electron chi connectivity index (χ4n) is 4.00. The topological polar surface area (TPSA) is 85.1 Å². The molecule has 6 heteroatoms. The van der Waals surface area contributed by atoms with Crippen molar-refractivity contribution in [2.24, 2.45) is 0 Å². The van der Waals surface area contributed by atoms with E-state index >= 15 is 0 Å². The van der Waals surface area contributed by atoms with E-state index in [4.69, 9.17) is 5.26 Å². The Balaban J connectivity index is 1.70. The number of rotatable bonds is 4. The Morgan fingerprint density at radius 1 is 1.17 bits per heavy atom. The largest absolute Gasteiger partial charge is 0.507 e. The van der Waals surface area contributed by atoms with Crippen LogP contribution >= 0.6 is 0 Å². The Morgan fingerprint density at radius 3 is 2.69 bits per heavy atom. The molecule has 4 rings (SSSR count). The van der Waals surface area contributed by atoms with E-state index < -0.39 is 0 Å². The number of hydrogen-bond donors (Lipinski definition) is 2. The number of benzene rings is 2. The third-order valence-electron chi connectivity index (χ3n) is 5.59. The van der Waals surface area contributed by atoms with Gasteiger partial charge in [0, 0.05) is 35.0 Å². The van der Waals surface area contributed by atoms with Gasteiger partial charge in [0.2, 0.25) is 0 Å². The number of piperidine rings is 1. The Kier molecular flexibility index (Phi) is 5.32. The van der Waals surface area contributed by atoms with Gasteiger partial charge in [0.15, 0.2) is 5.82 Å². The van der Waals surface area contributed by atoms with Crippen molar-refractivity contribution in [1.29, 1.82) is 5.26 Å². The molecule has 3 aromatic rings. The second kappa shape index (κ2) is 8.06. The SMILES string of the molecule is CC(C)N1CCCC(Nc2nnc(-c3ccc(C#N)cc3O)c3ccccc23)C1. The number of aromatic hydroxyl groups is 1. The Labute approximate surface area is 170 Å². The van der Waals surface area contributed by atoms with Crippen LogP contribution in [0.1, 0.15) is 32.3 Å². The van der Waals surface area contributed by atoms with E-state index in [9.17, 15) is 5.11 Å². The monoisotopic (exact) mass is 387 g/mol. The Bertz CT molecular complexity index is 1070. The number of nitriles is 1. The van der Waals surface area contributed by atoms with Crippen LogP contribution in [0.3, 0.4) is 0 Å². The molecule has 1 saturated heterocycles. The van der Waals surface area contributed by atoms with Crippen LogP contribution in [0.2, 0.25) is 0 Å².